The van der Waals surface area contributed by atoms with Crippen LogP contribution < -0.4 is 0 Å². The Morgan fingerprint density at radius 3 is 2.75 bits per heavy atom. The van der Waals surface area contributed by atoms with Gasteiger partial charge in [0.15, 0.2) is 5.69 Å². The van der Waals surface area contributed by atoms with Gasteiger partial charge in [0.25, 0.3) is 0 Å². The maximum Gasteiger partial charge on any atom is 0.357 e. The van der Waals surface area contributed by atoms with Crippen LogP contribution in [0.15, 0.2) is 28.1 Å². The Labute approximate surface area is 128 Å². The number of nitrogens with zero attached hydrogens (tertiary/aromatic N) is 4. The summed E-state index contributed by atoms with van der Waals surface area (Å²) in [4.78, 5) is 20.6. The van der Waals surface area contributed by atoms with E-state index in [4.69, 9.17) is 4.74 Å². The number of thioether (sulfide) groups is 1. The Balaban J connectivity index is 2.43. The van der Waals surface area contributed by atoms with Crippen molar-refractivity contribution in [2.45, 2.75) is 11.8 Å². The summed E-state index contributed by atoms with van der Waals surface area (Å²) < 4.78 is 5.14. The Kier molecular flexibility index (Phi) is 5.02. The van der Waals surface area contributed by atoms with Crippen LogP contribution in [0.4, 0.5) is 0 Å². The van der Waals surface area contributed by atoms with E-state index in [1.807, 2.05) is 13.0 Å². The number of esters is 1. The number of ether oxygens (including phenoxy) is 1. The van der Waals surface area contributed by atoms with Crippen molar-refractivity contribution in [1.82, 2.24) is 20.2 Å². The number of hydrogen-bond acceptors (Lipinski definition) is 7. The van der Waals surface area contributed by atoms with Crippen LogP contribution in [0.5, 0.6) is 0 Å². The van der Waals surface area contributed by atoms with Gasteiger partial charge in [0.2, 0.25) is 4.73 Å². The normalized spacial score (nSPS) is 10.3. The fourth-order valence-corrected chi connectivity index (χ4v) is 2.47. The second-order valence-electron chi connectivity index (χ2n) is 3.61. The number of carbonyl (C=O) groups is 1. The fraction of sp³-hybridized carbons (Fsp3) is 0.250. The fourth-order valence-electron chi connectivity index (χ4n) is 1.49. The van der Waals surface area contributed by atoms with Gasteiger partial charge in [-0.2, -0.15) is 0 Å². The van der Waals surface area contributed by atoms with Crippen LogP contribution >= 0.6 is 27.7 Å². The van der Waals surface area contributed by atoms with Gasteiger partial charge < -0.3 is 4.74 Å². The Hall–Kier alpha value is -1.54. The van der Waals surface area contributed by atoms with Crippen LogP contribution in [-0.4, -0.2) is 39.0 Å². The largest absolute Gasteiger partial charge is 0.464 e. The highest BCUT2D eigenvalue weighted by Gasteiger charge is 2.15. The number of rotatable bonds is 4. The molecule has 0 radical (unpaired) electrons. The summed E-state index contributed by atoms with van der Waals surface area (Å²) in [6.07, 6.45) is 3.15. The molecule has 2 rings (SSSR count). The quantitative estimate of drug-likeness (QED) is 0.616. The highest BCUT2D eigenvalue weighted by Crippen LogP contribution is 2.26. The Morgan fingerprint density at radius 1 is 1.35 bits per heavy atom. The standard InChI is InChI=1S/C12H11BrN4O2S/c1-3-20-9-4-7(5-14-10(9)11(18)19-2)8-6-15-12(13)17-16-8/h4-6H,3H2,1-2H3. The number of methoxy groups -OCH3 is 1. The molecule has 2 aromatic heterocycles. The van der Waals surface area contributed by atoms with E-state index < -0.39 is 5.97 Å². The highest BCUT2D eigenvalue weighted by molar-refractivity contribution is 9.10. The van der Waals surface area contributed by atoms with E-state index in [0.29, 0.717) is 16.1 Å². The zero-order valence-electron chi connectivity index (χ0n) is 10.8. The second kappa shape index (κ2) is 6.76. The summed E-state index contributed by atoms with van der Waals surface area (Å²) in [7, 11) is 1.34. The van der Waals surface area contributed by atoms with Crippen molar-refractivity contribution in [3.05, 3.63) is 28.9 Å². The molecule has 2 heterocycles. The van der Waals surface area contributed by atoms with Crippen LogP contribution in [0, 0.1) is 0 Å². The number of halogens is 1. The first-order chi connectivity index (χ1) is 9.65. The predicted molar refractivity (Wildman–Crippen MR) is 78.5 cm³/mol. The third-order valence-corrected chi connectivity index (χ3v) is 3.63. The average molecular weight is 355 g/mol. The van der Waals surface area contributed by atoms with Crippen molar-refractivity contribution in [2.24, 2.45) is 0 Å². The molecule has 0 N–H and O–H groups in total. The molecule has 0 atom stereocenters. The molecule has 6 nitrogen and oxygen atoms in total. The first kappa shape index (κ1) is 14.9. The molecular formula is C12H11BrN4O2S. The van der Waals surface area contributed by atoms with Crippen molar-refractivity contribution >= 4 is 33.7 Å². The van der Waals surface area contributed by atoms with Crippen LogP contribution in [0.25, 0.3) is 11.3 Å². The molecule has 20 heavy (non-hydrogen) atoms. The number of pyridine rings is 1. The van der Waals surface area contributed by atoms with Gasteiger partial charge in [-0.05, 0) is 27.7 Å². The molecule has 2 aromatic rings. The minimum absolute atomic E-state index is 0.307. The lowest BCUT2D eigenvalue weighted by Gasteiger charge is -2.07. The van der Waals surface area contributed by atoms with E-state index in [-0.39, 0.29) is 0 Å². The zero-order chi connectivity index (χ0) is 14.5. The lowest BCUT2D eigenvalue weighted by molar-refractivity contribution is 0.0590. The predicted octanol–water partition coefficient (Wildman–Crippen LogP) is 2.59. The van der Waals surface area contributed by atoms with Gasteiger partial charge in [-0.3, -0.25) is 0 Å². The SMILES string of the molecule is CCSc1cc(-c2cnc(Br)nn2)cnc1C(=O)OC. The first-order valence-corrected chi connectivity index (χ1v) is 7.50. The monoisotopic (exact) mass is 354 g/mol. The van der Waals surface area contributed by atoms with Crippen molar-refractivity contribution in [2.75, 3.05) is 12.9 Å². The lowest BCUT2D eigenvalue weighted by atomic mass is 10.2. The van der Waals surface area contributed by atoms with Gasteiger partial charge in [0, 0.05) is 16.7 Å². The molecule has 0 aromatic carbocycles. The summed E-state index contributed by atoms with van der Waals surface area (Å²) >= 11 is 4.65. The highest BCUT2D eigenvalue weighted by atomic mass is 79.9. The summed E-state index contributed by atoms with van der Waals surface area (Å²) in [5.41, 5.74) is 1.65. The van der Waals surface area contributed by atoms with E-state index in [1.165, 1.54) is 18.9 Å². The van der Waals surface area contributed by atoms with Crippen molar-refractivity contribution in [3.8, 4) is 11.3 Å². The van der Waals surface area contributed by atoms with Crippen molar-refractivity contribution in [3.63, 3.8) is 0 Å². The van der Waals surface area contributed by atoms with Crippen LogP contribution in [0.1, 0.15) is 17.4 Å². The van der Waals surface area contributed by atoms with E-state index in [2.05, 4.69) is 36.1 Å². The van der Waals surface area contributed by atoms with Crippen LogP contribution in [-0.2, 0) is 4.74 Å². The maximum absolute atomic E-state index is 11.7. The van der Waals surface area contributed by atoms with Gasteiger partial charge in [0.05, 0.1) is 13.3 Å². The molecule has 8 heteroatoms. The average Bonchev–Trinajstić information content (AvgIpc) is 2.47. The Morgan fingerprint density at radius 2 is 2.15 bits per heavy atom. The third-order valence-electron chi connectivity index (χ3n) is 2.36. The van der Waals surface area contributed by atoms with Gasteiger partial charge in [-0.1, -0.05) is 6.92 Å². The molecule has 0 bridgehead atoms. The van der Waals surface area contributed by atoms with Gasteiger partial charge >= 0.3 is 5.97 Å². The molecule has 0 aliphatic heterocycles. The van der Waals surface area contributed by atoms with Gasteiger partial charge in [-0.25, -0.2) is 14.8 Å². The molecule has 0 spiro atoms. The molecule has 0 aliphatic carbocycles. The summed E-state index contributed by atoms with van der Waals surface area (Å²) in [6, 6.07) is 1.84. The Bertz CT molecular complexity index is 621. The minimum Gasteiger partial charge on any atom is -0.464 e. The van der Waals surface area contributed by atoms with E-state index in [1.54, 1.807) is 12.4 Å². The first-order valence-electron chi connectivity index (χ1n) is 5.72. The van der Waals surface area contributed by atoms with Crippen molar-refractivity contribution in [1.29, 1.82) is 0 Å². The molecule has 104 valence electrons. The van der Waals surface area contributed by atoms with Gasteiger partial charge in [-0.15, -0.1) is 22.0 Å². The molecule has 0 fully saturated rings. The van der Waals surface area contributed by atoms with Crippen molar-refractivity contribution < 1.29 is 9.53 Å². The number of aromatic nitrogens is 4. The second-order valence-corrected chi connectivity index (χ2v) is 5.62. The zero-order valence-corrected chi connectivity index (χ0v) is 13.2. The molecule has 0 saturated carbocycles. The van der Waals surface area contributed by atoms with Gasteiger partial charge in [0.1, 0.15) is 5.69 Å². The number of carbonyl (C=O) groups excluding carboxylic acids is 1. The topological polar surface area (TPSA) is 77.9 Å². The van der Waals surface area contributed by atoms with Crippen LogP contribution in [0.3, 0.4) is 0 Å². The maximum atomic E-state index is 11.7. The van der Waals surface area contributed by atoms with E-state index >= 15 is 0 Å². The third kappa shape index (κ3) is 3.31. The minimum atomic E-state index is -0.451. The van der Waals surface area contributed by atoms with E-state index in [9.17, 15) is 4.79 Å². The lowest BCUT2D eigenvalue weighted by Crippen LogP contribution is -2.06. The molecule has 0 saturated heterocycles. The van der Waals surface area contributed by atoms with E-state index in [0.717, 1.165) is 16.2 Å². The smallest absolute Gasteiger partial charge is 0.357 e. The number of hydrogen-bond donors (Lipinski definition) is 0. The molecule has 0 unspecified atom stereocenters. The summed E-state index contributed by atoms with van der Waals surface area (Å²) in [5, 5.41) is 7.85. The molecule has 0 amide bonds. The molecular weight excluding hydrogens is 344 g/mol. The van der Waals surface area contributed by atoms with Crippen LogP contribution in [0.2, 0.25) is 0 Å². The summed E-state index contributed by atoms with van der Waals surface area (Å²) in [5.74, 6) is 0.367. The summed E-state index contributed by atoms with van der Waals surface area (Å²) in [6.45, 7) is 2.00. The molecule has 0 aliphatic rings.